The van der Waals surface area contributed by atoms with Crippen LogP contribution in [0.4, 0.5) is 0 Å². The van der Waals surface area contributed by atoms with Crippen molar-refractivity contribution in [3.05, 3.63) is 26.5 Å². The summed E-state index contributed by atoms with van der Waals surface area (Å²) in [7, 11) is 0. The highest BCUT2D eigenvalue weighted by molar-refractivity contribution is 5.68. The number of aromatic nitrogens is 4. The molecule has 0 spiro atoms. The molecule has 2 aromatic rings. The van der Waals surface area contributed by atoms with Gasteiger partial charge in [0, 0.05) is 0 Å². The monoisotopic (exact) mass is 222 g/mol. The molecule has 2 aromatic heterocycles. The number of hydrogen-bond acceptors (Lipinski definition) is 5. The SMILES string of the molecule is CCOc1nc2c(=O)[nH]c(=O)[nH]c2nc1C. The molecule has 2 N–H and O–H groups in total. The number of rotatable bonds is 2. The molecule has 7 heteroatoms. The lowest BCUT2D eigenvalue weighted by molar-refractivity contribution is 0.323. The number of hydrogen-bond donors (Lipinski definition) is 2. The number of fused-ring (bicyclic) bond motifs is 1. The van der Waals surface area contributed by atoms with Crippen LogP contribution in [-0.4, -0.2) is 26.5 Å². The Hall–Kier alpha value is -2.18. The van der Waals surface area contributed by atoms with Gasteiger partial charge in [-0.3, -0.25) is 14.8 Å². The molecule has 0 saturated heterocycles. The van der Waals surface area contributed by atoms with Crippen molar-refractivity contribution in [2.45, 2.75) is 13.8 Å². The van der Waals surface area contributed by atoms with Gasteiger partial charge in [0.05, 0.1) is 6.61 Å². The molecule has 0 amide bonds. The van der Waals surface area contributed by atoms with Gasteiger partial charge in [0.2, 0.25) is 5.88 Å². The number of nitrogens with zero attached hydrogens (tertiary/aromatic N) is 2. The Bertz CT molecular complexity index is 643. The normalized spacial score (nSPS) is 10.6. The fourth-order valence-corrected chi connectivity index (χ4v) is 1.32. The van der Waals surface area contributed by atoms with Crippen LogP contribution in [-0.2, 0) is 0 Å². The summed E-state index contributed by atoms with van der Waals surface area (Å²) in [5.74, 6) is 0.299. The van der Waals surface area contributed by atoms with Crippen LogP contribution >= 0.6 is 0 Å². The Morgan fingerprint density at radius 2 is 2.00 bits per heavy atom. The van der Waals surface area contributed by atoms with Crippen LogP contribution in [0.2, 0.25) is 0 Å². The smallest absolute Gasteiger partial charge is 0.327 e. The molecule has 0 aromatic carbocycles. The lowest BCUT2D eigenvalue weighted by atomic mass is 10.4. The molecule has 16 heavy (non-hydrogen) atoms. The molecule has 0 aliphatic heterocycles. The van der Waals surface area contributed by atoms with Gasteiger partial charge in [-0.05, 0) is 13.8 Å². The Morgan fingerprint density at radius 1 is 1.25 bits per heavy atom. The van der Waals surface area contributed by atoms with E-state index in [0.29, 0.717) is 18.2 Å². The van der Waals surface area contributed by atoms with Crippen molar-refractivity contribution in [2.24, 2.45) is 0 Å². The Kier molecular flexibility index (Phi) is 2.43. The van der Waals surface area contributed by atoms with Crippen molar-refractivity contribution in [3.8, 4) is 5.88 Å². The van der Waals surface area contributed by atoms with Gasteiger partial charge in [0.1, 0.15) is 5.69 Å². The van der Waals surface area contributed by atoms with E-state index in [0.717, 1.165) is 0 Å². The molecule has 84 valence electrons. The molecule has 0 aliphatic carbocycles. The minimum atomic E-state index is -0.602. The van der Waals surface area contributed by atoms with Crippen LogP contribution in [0.1, 0.15) is 12.6 Å². The van der Waals surface area contributed by atoms with E-state index in [1.807, 2.05) is 6.92 Å². The first-order valence-corrected chi connectivity index (χ1v) is 4.75. The van der Waals surface area contributed by atoms with Gasteiger partial charge >= 0.3 is 5.69 Å². The van der Waals surface area contributed by atoms with E-state index in [2.05, 4.69) is 19.9 Å². The summed E-state index contributed by atoms with van der Waals surface area (Å²) in [6.45, 7) is 3.93. The first-order chi connectivity index (χ1) is 7.61. The van der Waals surface area contributed by atoms with E-state index in [9.17, 15) is 9.59 Å². The summed E-state index contributed by atoms with van der Waals surface area (Å²) in [6, 6.07) is 0. The molecule has 0 fully saturated rings. The predicted molar refractivity (Wildman–Crippen MR) is 56.7 cm³/mol. The standard InChI is InChI=1S/C9H10N4O3/c1-3-16-8-4(2)10-6-5(11-8)7(14)13-9(15)12-6/h3H2,1-2H3,(H2,10,12,13,14,15). The van der Waals surface area contributed by atoms with Gasteiger partial charge in [0.25, 0.3) is 5.56 Å². The van der Waals surface area contributed by atoms with Crippen molar-refractivity contribution in [2.75, 3.05) is 6.61 Å². The minimum absolute atomic E-state index is 0.0636. The topological polar surface area (TPSA) is 101 Å². The average Bonchev–Trinajstić information content (AvgIpc) is 2.20. The third kappa shape index (κ3) is 1.67. The summed E-state index contributed by atoms with van der Waals surface area (Å²) in [5.41, 5.74) is -0.429. The second-order valence-electron chi connectivity index (χ2n) is 3.15. The molecule has 7 nitrogen and oxygen atoms in total. The zero-order valence-electron chi connectivity index (χ0n) is 8.83. The second-order valence-corrected chi connectivity index (χ2v) is 3.15. The van der Waals surface area contributed by atoms with Crippen molar-refractivity contribution < 1.29 is 4.74 Å². The predicted octanol–water partition coefficient (Wildman–Crippen LogP) is -0.286. The van der Waals surface area contributed by atoms with E-state index < -0.39 is 11.2 Å². The summed E-state index contributed by atoms with van der Waals surface area (Å²) < 4.78 is 5.21. The van der Waals surface area contributed by atoms with Gasteiger partial charge in [0.15, 0.2) is 11.2 Å². The quantitative estimate of drug-likeness (QED) is 0.727. The maximum Gasteiger partial charge on any atom is 0.327 e. The molecule has 0 aliphatic rings. The molecule has 2 heterocycles. The zero-order chi connectivity index (χ0) is 11.7. The second kappa shape index (κ2) is 3.76. The van der Waals surface area contributed by atoms with Crippen LogP contribution in [0.15, 0.2) is 9.59 Å². The minimum Gasteiger partial charge on any atom is -0.477 e. The van der Waals surface area contributed by atoms with Crippen molar-refractivity contribution >= 4 is 11.2 Å². The first kappa shape index (κ1) is 10.3. The van der Waals surface area contributed by atoms with Gasteiger partial charge in [-0.2, -0.15) is 0 Å². The number of ether oxygens (including phenoxy) is 1. The third-order valence-electron chi connectivity index (χ3n) is 1.98. The number of aromatic amines is 2. The Balaban J connectivity index is 2.79. The van der Waals surface area contributed by atoms with Crippen LogP contribution in [0.25, 0.3) is 11.2 Å². The largest absolute Gasteiger partial charge is 0.477 e. The van der Waals surface area contributed by atoms with Crippen molar-refractivity contribution in [1.82, 2.24) is 19.9 Å². The molecule has 0 radical (unpaired) electrons. The summed E-state index contributed by atoms with van der Waals surface area (Å²) in [4.78, 5) is 35.0. The Morgan fingerprint density at radius 3 is 2.69 bits per heavy atom. The molecule has 2 rings (SSSR count). The Labute approximate surface area is 89.5 Å². The van der Waals surface area contributed by atoms with Crippen LogP contribution < -0.4 is 16.0 Å². The van der Waals surface area contributed by atoms with Gasteiger partial charge in [-0.25, -0.2) is 14.8 Å². The zero-order valence-corrected chi connectivity index (χ0v) is 8.83. The molecule has 0 saturated carbocycles. The van der Waals surface area contributed by atoms with Crippen LogP contribution in [0, 0.1) is 6.92 Å². The van der Waals surface area contributed by atoms with Gasteiger partial charge in [-0.1, -0.05) is 0 Å². The van der Waals surface area contributed by atoms with Crippen LogP contribution in [0.5, 0.6) is 5.88 Å². The first-order valence-electron chi connectivity index (χ1n) is 4.75. The lowest BCUT2D eigenvalue weighted by Gasteiger charge is -2.05. The maximum atomic E-state index is 11.4. The van der Waals surface area contributed by atoms with E-state index in [1.165, 1.54) is 0 Å². The molecular formula is C9H10N4O3. The maximum absolute atomic E-state index is 11.4. The lowest BCUT2D eigenvalue weighted by Crippen LogP contribution is -2.23. The summed E-state index contributed by atoms with van der Waals surface area (Å²) in [5, 5.41) is 0. The van der Waals surface area contributed by atoms with Gasteiger partial charge < -0.3 is 4.74 Å². The molecular weight excluding hydrogens is 212 g/mol. The highest BCUT2D eigenvalue weighted by Gasteiger charge is 2.09. The average molecular weight is 222 g/mol. The fourth-order valence-electron chi connectivity index (χ4n) is 1.32. The molecule has 0 bridgehead atoms. The highest BCUT2D eigenvalue weighted by Crippen LogP contribution is 2.13. The van der Waals surface area contributed by atoms with E-state index in [-0.39, 0.29) is 11.2 Å². The van der Waals surface area contributed by atoms with Crippen LogP contribution in [0.3, 0.4) is 0 Å². The van der Waals surface area contributed by atoms with E-state index >= 15 is 0 Å². The highest BCUT2D eigenvalue weighted by atomic mass is 16.5. The van der Waals surface area contributed by atoms with Gasteiger partial charge in [-0.15, -0.1) is 0 Å². The van der Waals surface area contributed by atoms with Crippen molar-refractivity contribution in [1.29, 1.82) is 0 Å². The summed E-state index contributed by atoms with van der Waals surface area (Å²) in [6.07, 6.45) is 0. The fraction of sp³-hybridized carbons (Fsp3) is 0.333. The number of aryl methyl sites for hydroxylation is 1. The van der Waals surface area contributed by atoms with E-state index in [1.54, 1.807) is 6.92 Å². The third-order valence-corrected chi connectivity index (χ3v) is 1.98. The molecule has 0 atom stereocenters. The summed E-state index contributed by atoms with van der Waals surface area (Å²) >= 11 is 0. The molecule has 0 unspecified atom stereocenters. The number of nitrogens with one attached hydrogen (secondary N) is 2. The van der Waals surface area contributed by atoms with Crippen molar-refractivity contribution in [3.63, 3.8) is 0 Å². The number of H-pyrrole nitrogens is 2. The van der Waals surface area contributed by atoms with E-state index in [4.69, 9.17) is 4.74 Å².